The summed E-state index contributed by atoms with van der Waals surface area (Å²) in [6, 6.07) is 0. The second kappa shape index (κ2) is 7.65. The molecule has 23 heavy (non-hydrogen) atoms. The van der Waals surface area contributed by atoms with E-state index >= 15 is 0 Å². The molecule has 0 aromatic carbocycles. The van der Waals surface area contributed by atoms with Crippen molar-refractivity contribution in [2.75, 3.05) is 19.6 Å². The molecule has 0 radical (unpaired) electrons. The minimum Gasteiger partial charge on any atom is -0.481 e. The van der Waals surface area contributed by atoms with Crippen LogP contribution in [0.25, 0.3) is 0 Å². The van der Waals surface area contributed by atoms with Gasteiger partial charge in [-0.2, -0.15) is 13.2 Å². The van der Waals surface area contributed by atoms with E-state index in [1.807, 2.05) is 13.8 Å². The number of likely N-dealkylation sites (tertiary alicyclic amines) is 1. The zero-order valence-electron chi connectivity index (χ0n) is 13.0. The normalized spacial score (nSPS) is 21.6. The lowest BCUT2D eigenvalue weighted by molar-refractivity contribution is -0.188. The largest absolute Gasteiger partial charge is 0.481 e. The molecule has 2 atom stereocenters. The molecule has 9 heteroatoms. The van der Waals surface area contributed by atoms with Crippen LogP contribution in [0.15, 0.2) is 0 Å². The van der Waals surface area contributed by atoms with Crippen molar-refractivity contribution in [3.8, 4) is 0 Å². The van der Waals surface area contributed by atoms with E-state index in [2.05, 4.69) is 5.32 Å². The molecule has 0 bridgehead atoms. The lowest BCUT2D eigenvalue weighted by Gasteiger charge is -2.18. The van der Waals surface area contributed by atoms with Gasteiger partial charge in [0, 0.05) is 32.5 Å². The quantitative estimate of drug-likeness (QED) is 0.763. The highest BCUT2D eigenvalue weighted by atomic mass is 19.4. The standard InChI is InChI=1S/C14H21F3N2O4/c1-8(2)5-11(20)18-4-3-12(21)19-6-9(13(22)23)10(7-19)14(15,16)17/h8-10H,3-7H2,1-2H3,(H,18,20)(H,22,23)/t9-,10-/m1/s1. The first-order valence-electron chi connectivity index (χ1n) is 7.36. The molecular formula is C14H21F3N2O4. The Kier molecular flexibility index (Phi) is 6.40. The van der Waals surface area contributed by atoms with Crippen LogP contribution >= 0.6 is 0 Å². The number of carboxylic acid groups (broad SMARTS) is 1. The van der Waals surface area contributed by atoms with Gasteiger partial charge in [-0.05, 0) is 5.92 Å². The molecular weight excluding hydrogens is 317 g/mol. The Balaban J connectivity index is 2.51. The summed E-state index contributed by atoms with van der Waals surface area (Å²) in [6.45, 7) is 2.63. The Morgan fingerprint density at radius 1 is 1.26 bits per heavy atom. The fourth-order valence-corrected chi connectivity index (χ4v) is 2.50. The zero-order chi connectivity index (χ0) is 17.8. The molecule has 1 heterocycles. The van der Waals surface area contributed by atoms with Crippen molar-refractivity contribution >= 4 is 17.8 Å². The number of amides is 2. The van der Waals surface area contributed by atoms with Gasteiger partial charge in [0.25, 0.3) is 0 Å². The molecule has 0 spiro atoms. The van der Waals surface area contributed by atoms with Gasteiger partial charge >= 0.3 is 12.1 Å². The monoisotopic (exact) mass is 338 g/mol. The Labute approximate surface area is 132 Å². The smallest absolute Gasteiger partial charge is 0.394 e. The number of alkyl halides is 3. The highest BCUT2D eigenvalue weighted by Gasteiger charge is 2.53. The van der Waals surface area contributed by atoms with E-state index in [1.165, 1.54) is 0 Å². The number of hydrogen-bond donors (Lipinski definition) is 2. The summed E-state index contributed by atoms with van der Waals surface area (Å²) in [4.78, 5) is 35.2. The van der Waals surface area contributed by atoms with Gasteiger partial charge in [-0.1, -0.05) is 13.8 Å². The van der Waals surface area contributed by atoms with Crippen LogP contribution in [0, 0.1) is 17.8 Å². The predicted octanol–water partition coefficient (Wildman–Crippen LogP) is 1.26. The van der Waals surface area contributed by atoms with Gasteiger partial charge in [0.1, 0.15) is 0 Å². The molecule has 0 saturated carbocycles. The summed E-state index contributed by atoms with van der Waals surface area (Å²) in [5, 5.41) is 11.4. The number of nitrogens with one attached hydrogen (secondary N) is 1. The van der Waals surface area contributed by atoms with Gasteiger partial charge in [-0.3, -0.25) is 14.4 Å². The van der Waals surface area contributed by atoms with Crippen LogP contribution in [0.5, 0.6) is 0 Å². The zero-order valence-corrected chi connectivity index (χ0v) is 13.0. The first kappa shape index (κ1) is 19.2. The van der Waals surface area contributed by atoms with Crippen molar-refractivity contribution in [2.45, 2.75) is 32.9 Å². The minimum absolute atomic E-state index is 0.0231. The van der Waals surface area contributed by atoms with Gasteiger partial charge in [-0.15, -0.1) is 0 Å². The summed E-state index contributed by atoms with van der Waals surface area (Å²) in [5.74, 6) is -5.92. The molecule has 1 rings (SSSR count). The first-order chi connectivity index (χ1) is 10.5. The summed E-state index contributed by atoms with van der Waals surface area (Å²) in [6.07, 6.45) is -4.51. The maximum Gasteiger partial charge on any atom is 0.394 e. The maximum absolute atomic E-state index is 12.8. The highest BCUT2D eigenvalue weighted by Crippen LogP contribution is 2.37. The molecule has 1 fully saturated rings. The fourth-order valence-electron chi connectivity index (χ4n) is 2.50. The number of nitrogens with zero attached hydrogens (tertiary/aromatic N) is 1. The van der Waals surface area contributed by atoms with E-state index in [0.29, 0.717) is 6.42 Å². The van der Waals surface area contributed by atoms with Crippen molar-refractivity contribution < 1.29 is 32.7 Å². The van der Waals surface area contributed by atoms with Gasteiger partial charge in [0.2, 0.25) is 11.8 Å². The van der Waals surface area contributed by atoms with Crippen molar-refractivity contribution in [1.29, 1.82) is 0 Å². The molecule has 1 aliphatic heterocycles. The van der Waals surface area contributed by atoms with Crippen LogP contribution in [-0.2, 0) is 14.4 Å². The Hall–Kier alpha value is -1.80. The SMILES string of the molecule is CC(C)CC(=O)NCCC(=O)N1C[C@@H](C(F)(F)F)[C@H](C(=O)O)C1. The van der Waals surface area contributed by atoms with Gasteiger partial charge in [0.15, 0.2) is 0 Å². The second-order valence-electron chi connectivity index (χ2n) is 6.09. The number of carboxylic acids is 1. The summed E-state index contributed by atoms with van der Waals surface area (Å²) >= 11 is 0. The summed E-state index contributed by atoms with van der Waals surface area (Å²) in [5.41, 5.74) is 0. The van der Waals surface area contributed by atoms with Crippen LogP contribution in [0.4, 0.5) is 13.2 Å². The Morgan fingerprint density at radius 2 is 1.87 bits per heavy atom. The van der Waals surface area contributed by atoms with Crippen LogP contribution in [0.2, 0.25) is 0 Å². The van der Waals surface area contributed by atoms with Crippen molar-refractivity contribution in [3.05, 3.63) is 0 Å². The van der Waals surface area contributed by atoms with Crippen molar-refractivity contribution in [3.63, 3.8) is 0 Å². The van der Waals surface area contributed by atoms with Crippen LogP contribution in [0.3, 0.4) is 0 Å². The fraction of sp³-hybridized carbons (Fsp3) is 0.786. The number of aliphatic carboxylic acids is 1. The number of halogens is 3. The molecule has 2 amide bonds. The highest BCUT2D eigenvalue weighted by molar-refractivity contribution is 5.80. The molecule has 1 saturated heterocycles. The third kappa shape index (κ3) is 5.72. The first-order valence-corrected chi connectivity index (χ1v) is 7.36. The maximum atomic E-state index is 12.8. The number of hydrogen-bond acceptors (Lipinski definition) is 3. The van der Waals surface area contributed by atoms with Crippen LogP contribution in [-0.4, -0.2) is 53.6 Å². The second-order valence-corrected chi connectivity index (χ2v) is 6.09. The van der Waals surface area contributed by atoms with E-state index in [1.54, 1.807) is 0 Å². The Bertz CT molecular complexity index is 465. The van der Waals surface area contributed by atoms with E-state index in [-0.39, 0.29) is 24.8 Å². The molecule has 0 aromatic rings. The Morgan fingerprint density at radius 3 is 2.30 bits per heavy atom. The van der Waals surface area contributed by atoms with Gasteiger partial charge in [-0.25, -0.2) is 0 Å². The number of carbonyl (C=O) groups excluding carboxylic acids is 2. The average Bonchev–Trinajstić information content (AvgIpc) is 2.82. The summed E-state index contributed by atoms with van der Waals surface area (Å²) < 4.78 is 38.5. The topological polar surface area (TPSA) is 86.7 Å². The molecule has 0 aromatic heterocycles. The molecule has 0 unspecified atom stereocenters. The molecule has 2 N–H and O–H groups in total. The van der Waals surface area contributed by atoms with Crippen LogP contribution < -0.4 is 5.32 Å². The molecule has 0 aliphatic carbocycles. The van der Waals surface area contributed by atoms with Gasteiger partial charge < -0.3 is 15.3 Å². The van der Waals surface area contributed by atoms with Gasteiger partial charge in [0.05, 0.1) is 11.8 Å². The minimum atomic E-state index is -4.66. The van der Waals surface area contributed by atoms with Crippen molar-refractivity contribution in [2.24, 2.45) is 17.8 Å². The third-order valence-electron chi connectivity index (χ3n) is 3.66. The molecule has 6 nitrogen and oxygen atoms in total. The molecule has 1 aliphatic rings. The third-order valence-corrected chi connectivity index (χ3v) is 3.66. The number of carbonyl (C=O) groups is 3. The van der Waals surface area contributed by atoms with Crippen molar-refractivity contribution in [1.82, 2.24) is 10.2 Å². The van der Waals surface area contributed by atoms with E-state index in [4.69, 9.17) is 5.11 Å². The molecule has 132 valence electrons. The van der Waals surface area contributed by atoms with E-state index in [0.717, 1.165) is 4.90 Å². The predicted molar refractivity (Wildman–Crippen MR) is 74.3 cm³/mol. The van der Waals surface area contributed by atoms with Crippen LogP contribution in [0.1, 0.15) is 26.7 Å². The average molecular weight is 338 g/mol. The lowest BCUT2D eigenvalue weighted by atomic mass is 9.96. The number of rotatable bonds is 6. The lowest BCUT2D eigenvalue weighted by Crippen LogP contribution is -2.35. The van der Waals surface area contributed by atoms with E-state index < -0.39 is 43.0 Å². The summed E-state index contributed by atoms with van der Waals surface area (Å²) in [7, 11) is 0. The van der Waals surface area contributed by atoms with E-state index in [9.17, 15) is 27.6 Å².